The van der Waals surface area contributed by atoms with E-state index >= 15 is 0 Å². The van der Waals surface area contributed by atoms with E-state index in [2.05, 4.69) is 14.8 Å². The zero-order valence-corrected chi connectivity index (χ0v) is 14.0. The van der Waals surface area contributed by atoms with Gasteiger partial charge in [0.05, 0.1) is 0 Å². The first kappa shape index (κ1) is 15.4. The number of nitrogens with zero attached hydrogens (tertiary/aromatic N) is 4. The third-order valence-electron chi connectivity index (χ3n) is 4.32. The molecule has 6 nitrogen and oxygen atoms in total. The van der Waals surface area contributed by atoms with Crippen LogP contribution in [0.4, 0.5) is 0 Å². The Balaban J connectivity index is 1.51. The number of benzene rings is 1. The summed E-state index contributed by atoms with van der Waals surface area (Å²) in [7, 11) is 0. The third kappa shape index (κ3) is 2.96. The van der Waals surface area contributed by atoms with Crippen LogP contribution in [0, 0.1) is 0 Å². The van der Waals surface area contributed by atoms with E-state index in [0.717, 1.165) is 29.5 Å². The molecule has 124 valence electrons. The largest absolute Gasteiger partial charge is 0.282 e. The number of likely N-dealkylation sites (tertiary alicyclic amines) is 1. The van der Waals surface area contributed by atoms with Crippen LogP contribution in [0.15, 0.2) is 35.5 Å². The number of aromatic nitrogens is 3. The number of hydrogen-bond acceptors (Lipinski definition) is 5. The summed E-state index contributed by atoms with van der Waals surface area (Å²) in [4.78, 5) is 24.7. The summed E-state index contributed by atoms with van der Waals surface area (Å²) in [6.07, 6.45) is 3.00. The van der Waals surface area contributed by atoms with Gasteiger partial charge >= 0.3 is 0 Å². The smallest absolute Gasteiger partial charge is 0.229 e. The van der Waals surface area contributed by atoms with Crippen molar-refractivity contribution in [2.75, 3.05) is 12.3 Å². The van der Waals surface area contributed by atoms with Crippen molar-refractivity contribution in [2.24, 2.45) is 0 Å². The maximum absolute atomic E-state index is 11.7. The standard InChI is InChI=1S/C17H18N4O2S/c22-14-8-9-15(23)20(14)10-11-24-17-19-18-16(12-6-7-12)21(17)13-4-2-1-3-5-13/h1-5,12H,6-11H2. The van der Waals surface area contributed by atoms with Crippen LogP contribution in [-0.4, -0.2) is 43.8 Å². The molecule has 0 spiro atoms. The Morgan fingerprint density at radius 3 is 2.42 bits per heavy atom. The Hall–Kier alpha value is -2.15. The number of carbonyl (C=O) groups is 2. The molecule has 0 unspecified atom stereocenters. The molecule has 24 heavy (non-hydrogen) atoms. The average molecular weight is 342 g/mol. The van der Waals surface area contributed by atoms with E-state index < -0.39 is 0 Å². The zero-order valence-electron chi connectivity index (χ0n) is 13.2. The Morgan fingerprint density at radius 2 is 1.75 bits per heavy atom. The molecule has 0 N–H and O–H groups in total. The molecule has 0 bridgehead atoms. The second kappa shape index (κ2) is 6.39. The molecule has 1 aromatic carbocycles. The maximum Gasteiger partial charge on any atom is 0.229 e. The van der Waals surface area contributed by atoms with E-state index in [1.807, 2.05) is 30.3 Å². The summed E-state index contributed by atoms with van der Waals surface area (Å²) in [5.41, 5.74) is 1.06. The van der Waals surface area contributed by atoms with Crippen molar-refractivity contribution in [2.45, 2.75) is 36.8 Å². The highest BCUT2D eigenvalue weighted by Crippen LogP contribution is 2.41. The van der Waals surface area contributed by atoms with E-state index in [4.69, 9.17) is 0 Å². The average Bonchev–Trinajstić information content (AvgIpc) is 3.29. The number of para-hydroxylation sites is 1. The Morgan fingerprint density at radius 1 is 1.04 bits per heavy atom. The number of thioether (sulfide) groups is 1. The lowest BCUT2D eigenvalue weighted by molar-refractivity contribution is -0.137. The lowest BCUT2D eigenvalue weighted by atomic mass is 10.3. The van der Waals surface area contributed by atoms with Crippen LogP contribution in [0.5, 0.6) is 0 Å². The number of carbonyl (C=O) groups excluding carboxylic acids is 2. The van der Waals surface area contributed by atoms with Crippen LogP contribution < -0.4 is 0 Å². The summed E-state index contributed by atoms with van der Waals surface area (Å²) in [6.45, 7) is 0.433. The Labute approximate surface area is 144 Å². The highest BCUT2D eigenvalue weighted by atomic mass is 32.2. The van der Waals surface area contributed by atoms with Crippen LogP contribution in [0.3, 0.4) is 0 Å². The molecule has 1 aliphatic carbocycles. The molecule has 7 heteroatoms. The van der Waals surface area contributed by atoms with Gasteiger partial charge in [0.2, 0.25) is 11.8 Å². The van der Waals surface area contributed by atoms with Crippen LogP contribution >= 0.6 is 11.8 Å². The Kier molecular flexibility index (Phi) is 4.10. The summed E-state index contributed by atoms with van der Waals surface area (Å²) >= 11 is 1.54. The predicted octanol–water partition coefficient (Wildman–Crippen LogP) is 2.39. The van der Waals surface area contributed by atoms with Gasteiger partial charge in [-0.25, -0.2) is 0 Å². The van der Waals surface area contributed by atoms with Gasteiger partial charge in [-0.05, 0) is 25.0 Å². The SMILES string of the molecule is O=C1CCC(=O)N1CCSc1nnc(C2CC2)n1-c1ccccc1. The van der Waals surface area contributed by atoms with Gasteiger partial charge < -0.3 is 0 Å². The van der Waals surface area contributed by atoms with Gasteiger partial charge in [-0.1, -0.05) is 30.0 Å². The van der Waals surface area contributed by atoms with Gasteiger partial charge in [-0.3, -0.25) is 19.1 Å². The van der Waals surface area contributed by atoms with Gasteiger partial charge in [0.1, 0.15) is 5.82 Å². The van der Waals surface area contributed by atoms with E-state index in [0.29, 0.717) is 31.1 Å². The van der Waals surface area contributed by atoms with E-state index in [9.17, 15) is 9.59 Å². The molecule has 1 aliphatic heterocycles. The predicted molar refractivity (Wildman–Crippen MR) is 90.0 cm³/mol. The third-order valence-corrected chi connectivity index (χ3v) is 5.23. The molecule has 1 aromatic heterocycles. The normalized spacial score (nSPS) is 17.8. The first-order valence-electron chi connectivity index (χ1n) is 8.21. The van der Waals surface area contributed by atoms with Gasteiger partial charge in [-0.15, -0.1) is 10.2 Å². The second-order valence-corrected chi connectivity index (χ2v) is 7.14. The molecular formula is C17H18N4O2S. The number of rotatable bonds is 6. The second-order valence-electron chi connectivity index (χ2n) is 6.07. The fourth-order valence-electron chi connectivity index (χ4n) is 2.90. The summed E-state index contributed by atoms with van der Waals surface area (Å²) in [5.74, 6) is 2.01. The van der Waals surface area contributed by atoms with Crippen molar-refractivity contribution in [3.8, 4) is 5.69 Å². The highest BCUT2D eigenvalue weighted by molar-refractivity contribution is 7.99. The van der Waals surface area contributed by atoms with Crippen molar-refractivity contribution in [3.05, 3.63) is 36.2 Å². The summed E-state index contributed by atoms with van der Waals surface area (Å²) < 4.78 is 2.11. The Bertz CT molecular complexity index is 754. The molecule has 0 radical (unpaired) electrons. The molecule has 0 atom stereocenters. The van der Waals surface area contributed by atoms with Crippen LogP contribution in [-0.2, 0) is 9.59 Å². The highest BCUT2D eigenvalue weighted by Gasteiger charge is 2.31. The molecule has 2 aliphatic rings. The first-order valence-corrected chi connectivity index (χ1v) is 9.19. The molecule has 4 rings (SSSR count). The van der Waals surface area contributed by atoms with Gasteiger partial charge in [0.15, 0.2) is 5.16 Å². The molecule has 1 saturated carbocycles. The number of amides is 2. The summed E-state index contributed by atoms with van der Waals surface area (Å²) in [6, 6.07) is 10.1. The number of imide groups is 1. The van der Waals surface area contributed by atoms with Crippen LogP contribution in [0.2, 0.25) is 0 Å². The van der Waals surface area contributed by atoms with Crippen LogP contribution in [0.1, 0.15) is 37.4 Å². The fraction of sp³-hybridized carbons (Fsp3) is 0.412. The van der Waals surface area contributed by atoms with Crippen LogP contribution in [0.25, 0.3) is 5.69 Å². The molecule has 2 amide bonds. The van der Waals surface area contributed by atoms with Crippen molar-refractivity contribution in [1.29, 1.82) is 0 Å². The fourth-order valence-corrected chi connectivity index (χ4v) is 3.78. The quantitative estimate of drug-likeness (QED) is 0.595. The zero-order chi connectivity index (χ0) is 16.5. The topological polar surface area (TPSA) is 68.1 Å². The first-order chi connectivity index (χ1) is 11.7. The van der Waals surface area contributed by atoms with Crippen molar-refractivity contribution < 1.29 is 9.59 Å². The lowest BCUT2D eigenvalue weighted by Gasteiger charge is -2.13. The minimum Gasteiger partial charge on any atom is -0.282 e. The molecule has 1 saturated heterocycles. The maximum atomic E-state index is 11.7. The van der Waals surface area contributed by atoms with Gasteiger partial charge in [0, 0.05) is 36.7 Å². The lowest BCUT2D eigenvalue weighted by Crippen LogP contribution is -2.31. The molecule has 2 aromatic rings. The molecule has 2 fully saturated rings. The minimum atomic E-state index is -0.0659. The van der Waals surface area contributed by atoms with Crippen molar-refractivity contribution >= 4 is 23.6 Å². The van der Waals surface area contributed by atoms with E-state index in [-0.39, 0.29) is 11.8 Å². The molecule has 2 heterocycles. The number of hydrogen-bond donors (Lipinski definition) is 0. The van der Waals surface area contributed by atoms with Crippen molar-refractivity contribution in [1.82, 2.24) is 19.7 Å². The van der Waals surface area contributed by atoms with Crippen molar-refractivity contribution in [3.63, 3.8) is 0 Å². The van der Waals surface area contributed by atoms with Gasteiger partial charge in [-0.2, -0.15) is 0 Å². The van der Waals surface area contributed by atoms with E-state index in [1.165, 1.54) is 4.90 Å². The monoisotopic (exact) mass is 342 g/mol. The van der Waals surface area contributed by atoms with E-state index in [1.54, 1.807) is 11.8 Å². The summed E-state index contributed by atoms with van der Waals surface area (Å²) in [5, 5.41) is 9.54. The minimum absolute atomic E-state index is 0.0659. The molecular weight excluding hydrogens is 324 g/mol. The van der Waals surface area contributed by atoms with Gasteiger partial charge in [0.25, 0.3) is 0 Å².